The third kappa shape index (κ3) is 2.77. The molecule has 1 aromatic carbocycles. The van der Waals surface area contributed by atoms with E-state index >= 15 is 0 Å². The van der Waals surface area contributed by atoms with Gasteiger partial charge in [-0.25, -0.2) is 0 Å². The normalized spacial score (nSPS) is 10.5. The Kier molecular flexibility index (Phi) is 3.34. The molecule has 0 aliphatic rings. The Hall–Kier alpha value is -1.54. The quantitative estimate of drug-likeness (QED) is 0.852. The highest BCUT2D eigenvalue weighted by Gasteiger charge is 2.07. The molecule has 1 nitrogen and oxygen atoms in total. The van der Waals surface area contributed by atoms with E-state index in [0.717, 1.165) is 23.1 Å². The van der Waals surface area contributed by atoms with Crippen molar-refractivity contribution >= 4 is 16.9 Å². The van der Waals surface area contributed by atoms with Crippen molar-refractivity contribution in [2.24, 2.45) is 0 Å². The summed E-state index contributed by atoms with van der Waals surface area (Å²) < 4.78 is 0. The molecule has 0 unspecified atom stereocenters. The number of hydrogen-bond acceptors (Lipinski definition) is 2. The summed E-state index contributed by atoms with van der Waals surface area (Å²) >= 11 is 1.78. The van der Waals surface area contributed by atoms with E-state index in [4.69, 9.17) is 0 Å². The molecule has 1 N–H and O–H groups in total. The molecule has 2 heteroatoms. The van der Waals surface area contributed by atoms with Gasteiger partial charge in [0, 0.05) is 21.7 Å². The highest BCUT2D eigenvalue weighted by molar-refractivity contribution is 7.11. The maximum absolute atomic E-state index is 9.89. The van der Waals surface area contributed by atoms with Crippen LogP contribution < -0.4 is 0 Å². The molecule has 1 heterocycles. The Bertz CT molecular complexity index is 552. The van der Waals surface area contributed by atoms with Crippen molar-refractivity contribution in [2.45, 2.75) is 20.3 Å². The average molecular weight is 244 g/mol. The number of phenolic OH excluding ortho intramolecular Hbond substituents is 1. The molecule has 0 fully saturated rings. The number of allylic oxidation sites excluding steroid dienone is 1. The van der Waals surface area contributed by atoms with Crippen LogP contribution >= 0.6 is 11.3 Å². The van der Waals surface area contributed by atoms with Crippen molar-refractivity contribution in [3.05, 3.63) is 57.8 Å². The predicted octanol–water partition coefficient (Wildman–Crippen LogP) is 4.33. The van der Waals surface area contributed by atoms with Crippen LogP contribution in [0.4, 0.5) is 0 Å². The Balaban J connectivity index is 2.20. The zero-order chi connectivity index (χ0) is 12.4. The van der Waals surface area contributed by atoms with Gasteiger partial charge >= 0.3 is 0 Å². The summed E-state index contributed by atoms with van der Waals surface area (Å²) in [5.41, 5.74) is 2.87. The lowest BCUT2D eigenvalue weighted by molar-refractivity contribution is 0.473. The smallest absolute Gasteiger partial charge is 0.123 e. The van der Waals surface area contributed by atoms with E-state index in [9.17, 15) is 5.11 Å². The first-order chi connectivity index (χ1) is 8.06. The van der Waals surface area contributed by atoms with Gasteiger partial charge in [0.05, 0.1) is 0 Å². The fourth-order valence-corrected chi connectivity index (χ4v) is 2.76. The van der Waals surface area contributed by atoms with Crippen LogP contribution in [-0.2, 0) is 6.42 Å². The van der Waals surface area contributed by atoms with Crippen LogP contribution in [0.1, 0.15) is 20.9 Å². The molecule has 1 aromatic heterocycles. The maximum atomic E-state index is 9.89. The number of aryl methyl sites for hydroxylation is 2. The highest BCUT2D eigenvalue weighted by atomic mass is 32.1. The summed E-state index contributed by atoms with van der Waals surface area (Å²) in [6.45, 7) is 8.13. The van der Waals surface area contributed by atoms with Gasteiger partial charge in [0.25, 0.3) is 0 Å². The van der Waals surface area contributed by atoms with Gasteiger partial charge in [0.15, 0.2) is 0 Å². The van der Waals surface area contributed by atoms with Gasteiger partial charge in [-0.3, -0.25) is 0 Å². The van der Waals surface area contributed by atoms with Crippen molar-refractivity contribution in [1.82, 2.24) is 0 Å². The molecule has 0 atom stereocenters. The fourth-order valence-electron chi connectivity index (χ4n) is 1.83. The molecule has 0 radical (unpaired) electrons. The van der Waals surface area contributed by atoms with Crippen LogP contribution in [0.2, 0.25) is 0 Å². The van der Waals surface area contributed by atoms with E-state index in [-0.39, 0.29) is 0 Å². The van der Waals surface area contributed by atoms with Crippen molar-refractivity contribution in [3.63, 3.8) is 0 Å². The van der Waals surface area contributed by atoms with Gasteiger partial charge in [-0.05, 0) is 43.2 Å². The summed E-state index contributed by atoms with van der Waals surface area (Å²) in [6.07, 6.45) is 0.801. The lowest BCUT2D eigenvalue weighted by Gasteiger charge is -2.07. The first-order valence-corrected chi connectivity index (χ1v) is 6.41. The summed E-state index contributed by atoms with van der Waals surface area (Å²) in [5.74, 6) is 0.322. The van der Waals surface area contributed by atoms with Gasteiger partial charge < -0.3 is 5.11 Å². The second-order valence-corrected chi connectivity index (χ2v) is 5.69. The largest absolute Gasteiger partial charge is 0.507 e. The van der Waals surface area contributed by atoms with E-state index in [2.05, 4.69) is 25.6 Å². The Morgan fingerprint density at radius 2 is 2.00 bits per heavy atom. The summed E-state index contributed by atoms with van der Waals surface area (Å²) in [7, 11) is 0. The number of aromatic hydroxyl groups is 1. The zero-order valence-electron chi connectivity index (χ0n) is 10.2. The molecule has 0 aliphatic heterocycles. The van der Waals surface area contributed by atoms with E-state index in [1.807, 2.05) is 19.1 Å². The molecular formula is C15H16OS. The standard InChI is InChI=1S/C15H16OS/c1-10-4-7-14(15(16)8-10)11(2)9-13-6-5-12(3)17-13/h4-8,16H,2,9H2,1,3H3. The van der Waals surface area contributed by atoms with Crippen LogP contribution in [0.15, 0.2) is 36.9 Å². The number of phenols is 1. The maximum Gasteiger partial charge on any atom is 0.123 e. The van der Waals surface area contributed by atoms with Crippen LogP contribution in [-0.4, -0.2) is 5.11 Å². The average Bonchev–Trinajstić information content (AvgIpc) is 2.63. The monoisotopic (exact) mass is 244 g/mol. The Labute approximate surface area is 106 Å². The molecule has 0 aliphatic carbocycles. The van der Waals surface area contributed by atoms with E-state index < -0.39 is 0 Å². The van der Waals surface area contributed by atoms with Crippen molar-refractivity contribution in [2.75, 3.05) is 0 Å². The second-order valence-electron chi connectivity index (χ2n) is 4.31. The first kappa shape index (κ1) is 11.9. The molecule has 0 saturated carbocycles. The number of hydrogen-bond donors (Lipinski definition) is 1. The molecule has 2 aromatic rings. The van der Waals surface area contributed by atoms with Crippen LogP contribution in [0.3, 0.4) is 0 Å². The summed E-state index contributed by atoms with van der Waals surface area (Å²) in [5, 5.41) is 9.89. The number of thiophene rings is 1. The van der Waals surface area contributed by atoms with E-state index in [0.29, 0.717) is 5.75 Å². The predicted molar refractivity (Wildman–Crippen MR) is 74.6 cm³/mol. The van der Waals surface area contributed by atoms with Crippen LogP contribution in [0, 0.1) is 13.8 Å². The molecule has 88 valence electrons. The van der Waals surface area contributed by atoms with Gasteiger partial charge in [-0.15, -0.1) is 11.3 Å². The number of benzene rings is 1. The third-order valence-corrected chi connectivity index (χ3v) is 3.72. The minimum absolute atomic E-state index is 0.322. The third-order valence-electron chi connectivity index (χ3n) is 2.72. The first-order valence-electron chi connectivity index (χ1n) is 5.59. The molecule has 0 saturated heterocycles. The zero-order valence-corrected chi connectivity index (χ0v) is 11.0. The molecule has 0 amide bonds. The SMILES string of the molecule is C=C(Cc1ccc(C)s1)c1ccc(C)cc1O. The van der Waals surface area contributed by atoms with Gasteiger partial charge in [0.2, 0.25) is 0 Å². The summed E-state index contributed by atoms with van der Waals surface area (Å²) in [4.78, 5) is 2.59. The van der Waals surface area contributed by atoms with Crippen LogP contribution in [0.25, 0.3) is 5.57 Å². The summed E-state index contributed by atoms with van der Waals surface area (Å²) in [6, 6.07) is 9.95. The number of rotatable bonds is 3. The molecule has 0 spiro atoms. The Morgan fingerprint density at radius 1 is 1.24 bits per heavy atom. The van der Waals surface area contributed by atoms with Crippen molar-refractivity contribution in [3.8, 4) is 5.75 Å². The lowest BCUT2D eigenvalue weighted by Crippen LogP contribution is -1.88. The van der Waals surface area contributed by atoms with Gasteiger partial charge in [-0.1, -0.05) is 18.7 Å². The lowest BCUT2D eigenvalue weighted by atomic mass is 10.0. The second kappa shape index (κ2) is 4.76. The van der Waals surface area contributed by atoms with Gasteiger partial charge in [-0.2, -0.15) is 0 Å². The molecular weight excluding hydrogens is 228 g/mol. The van der Waals surface area contributed by atoms with Crippen molar-refractivity contribution < 1.29 is 5.11 Å². The topological polar surface area (TPSA) is 20.2 Å². The van der Waals surface area contributed by atoms with E-state index in [1.165, 1.54) is 9.75 Å². The molecule has 17 heavy (non-hydrogen) atoms. The fraction of sp³-hybridized carbons (Fsp3) is 0.200. The minimum atomic E-state index is 0.322. The Morgan fingerprint density at radius 3 is 2.59 bits per heavy atom. The highest BCUT2D eigenvalue weighted by Crippen LogP contribution is 2.29. The van der Waals surface area contributed by atoms with Crippen molar-refractivity contribution in [1.29, 1.82) is 0 Å². The van der Waals surface area contributed by atoms with Crippen LogP contribution in [0.5, 0.6) is 5.75 Å². The van der Waals surface area contributed by atoms with Gasteiger partial charge in [0.1, 0.15) is 5.75 Å². The minimum Gasteiger partial charge on any atom is -0.507 e. The van der Waals surface area contributed by atoms with E-state index in [1.54, 1.807) is 17.4 Å². The molecule has 0 bridgehead atoms. The molecule has 2 rings (SSSR count).